The maximum absolute atomic E-state index is 2.87. The van der Waals surface area contributed by atoms with Gasteiger partial charge < -0.3 is 4.90 Å². The minimum Gasteiger partial charge on any atom is -0.300 e. The van der Waals surface area contributed by atoms with Crippen molar-refractivity contribution in [2.75, 3.05) is 13.1 Å². The summed E-state index contributed by atoms with van der Waals surface area (Å²) < 4.78 is 0. The fourth-order valence-electron chi connectivity index (χ4n) is 3.65. The standard InChI is InChI=1S/C12H25NSi/c1-14(2,3)12-8-4-6-10-13(12)11-7-5-9-12/h4-11H2,1-3H3. The minimum absolute atomic E-state index is 0.684. The predicted molar refractivity (Wildman–Crippen MR) is 65.4 cm³/mol. The molecule has 0 unspecified atom stereocenters. The van der Waals surface area contributed by atoms with Gasteiger partial charge in [-0.25, -0.2) is 0 Å². The highest BCUT2D eigenvalue weighted by atomic mass is 28.3. The van der Waals surface area contributed by atoms with Crippen LogP contribution in [0.25, 0.3) is 0 Å². The molecule has 0 spiro atoms. The summed E-state index contributed by atoms with van der Waals surface area (Å²) in [4.78, 5) is 2.87. The molecular formula is C12H25NSi. The molecular weight excluding hydrogens is 186 g/mol. The Balaban J connectivity index is 2.25. The third-order valence-corrected chi connectivity index (χ3v) is 8.15. The van der Waals surface area contributed by atoms with E-state index in [0.29, 0.717) is 5.16 Å². The van der Waals surface area contributed by atoms with E-state index in [-0.39, 0.29) is 0 Å². The number of hydrogen-bond acceptors (Lipinski definition) is 1. The average Bonchev–Trinajstić information content (AvgIpc) is 2.16. The summed E-state index contributed by atoms with van der Waals surface area (Å²) in [6.07, 6.45) is 8.88. The highest BCUT2D eigenvalue weighted by molar-refractivity contribution is 6.79. The molecule has 0 aromatic carbocycles. The summed E-state index contributed by atoms with van der Waals surface area (Å²) in [5, 5.41) is 0.684. The summed E-state index contributed by atoms with van der Waals surface area (Å²) in [6, 6.07) is 0. The highest BCUT2D eigenvalue weighted by Crippen LogP contribution is 2.42. The highest BCUT2D eigenvalue weighted by Gasteiger charge is 2.49. The van der Waals surface area contributed by atoms with Crippen molar-refractivity contribution in [2.24, 2.45) is 0 Å². The third kappa shape index (κ3) is 1.56. The first kappa shape index (κ1) is 10.7. The summed E-state index contributed by atoms with van der Waals surface area (Å²) in [7, 11) is -1.01. The van der Waals surface area contributed by atoms with Gasteiger partial charge in [0.2, 0.25) is 0 Å². The molecule has 0 bridgehead atoms. The Bertz CT molecular complexity index is 195. The van der Waals surface area contributed by atoms with E-state index >= 15 is 0 Å². The van der Waals surface area contributed by atoms with Crippen molar-refractivity contribution < 1.29 is 0 Å². The van der Waals surface area contributed by atoms with E-state index in [1.807, 2.05) is 0 Å². The largest absolute Gasteiger partial charge is 0.300 e. The van der Waals surface area contributed by atoms with Gasteiger partial charge in [-0.1, -0.05) is 32.5 Å². The fourth-order valence-corrected chi connectivity index (χ4v) is 6.67. The number of piperidine rings is 2. The van der Waals surface area contributed by atoms with Crippen molar-refractivity contribution in [3.05, 3.63) is 0 Å². The minimum atomic E-state index is -1.01. The van der Waals surface area contributed by atoms with Crippen molar-refractivity contribution in [2.45, 2.75) is 63.3 Å². The second-order valence-corrected chi connectivity index (χ2v) is 11.6. The molecule has 0 N–H and O–H groups in total. The summed E-state index contributed by atoms with van der Waals surface area (Å²) in [6.45, 7) is 10.5. The Morgan fingerprint density at radius 2 is 1.36 bits per heavy atom. The van der Waals surface area contributed by atoms with Gasteiger partial charge in [-0.15, -0.1) is 0 Å². The van der Waals surface area contributed by atoms with Crippen LogP contribution in [0.1, 0.15) is 38.5 Å². The zero-order valence-corrected chi connectivity index (χ0v) is 11.1. The van der Waals surface area contributed by atoms with Gasteiger partial charge in [-0.05, 0) is 38.8 Å². The Morgan fingerprint density at radius 3 is 1.71 bits per heavy atom. The molecule has 2 aliphatic rings. The molecule has 1 nitrogen and oxygen atoms in total. The lowest BCUT2D eigenvalue weighted by atomic mass is 9.92. The normalized spacial score (nSPS) is 28.5. The van der Waals surface area contributed by atoms with E-state index in [9.17, 15) is 0 Å². The molecule has 2 fully saturated rings. The van der Waals surface area contributed by atoms with Crippen molar-refractivity contribution in [1.82, 2.24) is 4.90 Å². The SMILES string of the molecule is C[Si](C)(C)C12CCCCN1CCCC2. The van der Waals surface area contributed by atoms with Crippen molar-refractivity contribution in [1.29, 1.82) is 0 Å². The molecule has 0 saturated carbocycles. The number of nitrogens with zero attached hydrogens (tertiary/aromatic N) is 1. The second-order valence-electron chi connectivity index (χ2n) is 6.18. The predicted octanol–water partition coefficient (Wildman–Crippen LogP) is 3.27. The molecule has 0 atom stereocenters. The van der Waals surface area contributed by atoms with Gasteiger partial charge in [0.15, 0.2) is 0 Å². The quantitative estimate of drug-likeness (QED) is 0.602. The summed E-state index contributed by atoms with van der Waals surface area (Å²) in [5.41, 5.74) is 0. The lowest BCUT2D eigenvalue weighted by Gasteiger charge is -2.57. The topological polar surface area (TPSA) is 3.24 Å². The van der Waals surface area contributed by atoms with Gasteiger partial charge in [0.1, 0.15) is 0 Å². The smallest absolute Gasteiger partial charge is 0.0677 e. The summed E-state index contributed by atoms with van der Waals surface area (Å²) in [5.74, 6) is 0. The molecule has 0 aromatic rings. The van der Waals surface area contributed by atoms with E-state index < -0.39 is 8.07 Å². The van der Waals surface area contributed by atoms with Crippen LogP contribution in [-0.2, 0) is 0 Å². The number of hydrogen-bond donors (Lipinski definition) is 0. The lowest BCUT2D eigenvalue weighted by molar-refractivity contribution is 0.0667. The fraction of sp³-hybridized carbons (Fsp3) is 1.00. The molecule has 2 heterocycles. The van der Waals surface area contributed by atoms with Crippen LogP contribution in [0.4, 0.5) is 0 Å². The Morgan fingerprint density at radius 1 is 0.857 bits per heavy atom. The van der Waals surface area contributed by atoms with E-state index in [1.54, 1.807) is 0 Å². The maximum atomic E-state index is 2.87. The number of fused-ring (bicyclic) bond motifs is 1. The summed E-state index contributed by atoms with van der Waals surface area (Å²) >= 11 is 0. The molecule has 14 heavy (non-hydrogen) atoms. The van der Waals surface area contributed by atoms with Gasteiger partial charge in [0, 0.05) is 5.16 Å². The van der Waals surface area contributed by atoms with E-state index in [4.69, 9.17) is 0 Å². The van der Waals surface area contributed by atoms with Crippen LogP contribution in [0.2, 0.25) is 19.6 Å². The van der Waals surface area contributed by atoms with Crippen LogP contribution in [-0.4, -0.2) is 31.2 Å². The molecule has 2 heteroatoms. The third-order valence-electron chi connectivity index (χ3n) is 4.54. The van der Waals surface area contributed by atoms with Gasteiger partial charge in [-0.3, -0.25) is 0 Å². The maximum Gasteiger partial charge on any atom is 0.0677 e. The zero-order valence-electron chi connectivity index (χ0n) is 10.1. The Labute approximate surface area is 89.9 Å². The monoisotopic (exact) mass is 211 g/mol. The molecule has 2 saturated heterocycles. The molecule has 0 aliphatic carbocycles. The molecule has 2 aliphatic heterocycles. The van der Waals surface area contributed by atoms with Crippen LogP contribution in [0, 0.1) is 0 Å². The van der Waals surface area contributed by atoms with Crippen molar-refractivity contribution >= 4 is 8.07 Å². The Hall–Kier alpha value is 0.177. The van der Waals surface area contributed by atoms with Gasteiger partial charge >= 0.3 is 0 Å². The van der Waals surface area contributed by atoms with E-state index in [1.165, 1.54) is 51.6 Å². The van der Waals surface area contributed by atoms with E-state index in [2.05, 4.69) is 24.5 Å². The van der Waals surface area contributed by atoms with E-state index in [0.717, 1.165) is 0 Å². The first-order valence-corrected chi connectivity index (χ1v) is 9.81. The number of rotatable bonds is 1. The lowest BCUT2D eigenvalue weighted by Crippen LogP contribution is -2.66. The van der Waals surface area contributed by atoms with Crippen LogP contribution >= 0.6 is 0 Å². The molecule has 2 rings (SSSR count). The van der Waals surface area contributed by atoms with Gasteiger partial charge in [0.25, 0.3) is 0 Å². The molecule has 0 radical (unpaired) electrons. The zero-order chi connectivity index (χ0) is 10.2. The van der Waals surface area contributed by atoms with Crippen LogP contribution < -0.4 is 0 Å². The van der Waals surface area contributed by atoms with Crippen molar-refractivity contribution in [3.8, 4) is 0 Å². The molecule has 82 valence electrons. The average molecular weight is 211 g/mol. The molecule has 0 aromatic heterocycles. The van der Waals surface area contributed by atoms with Crippen molar-refractivity contribution in [3.63, 3.8) is 0 Å². The van der Waals surface area contributed by atoms with Crippen LogP contribution in [0.5, 0.6) is 0 Å². The second kappa shape index (κ2) is 3.64. The van der Waals surface area contributed by atoms with Gasteiger partial charge in [0.05, 0.1) is 8.07 Å². The first-order chi connectivity index (χ1) is 6.56. The van der Waals surface area contributed by atoms with Gasteiger partial charge in [-0.2, -0.15) is 0 Å². The Kier molecular flexibility index (Phi) is 2.78. The molecule has 0 amide bonds. The van der Waals surface area contributed by atoms with Crippen LogP contribution in [0.3, 0.4) is 0 Å². The van der Waals surface area contributed by atoms with Crippen LogP contribution in [0.15, 0.2) is 0 Å². The first-order valence-electron chi connectivity index (χ1n) is 6.31.